The van der Waals surface area contributed by atoms with Crippen LogP contribution in [-0.4, -0.2) is 11.1 Å². The van der Waals surface area contributed by atoms with Crippen LogP contribution in [0.3, 0.4) is 0 Å². The third kappa shape index (κ3) is 1.73. The summed E-state index contributed by atoms with van der Waals surface area (Å²) in [6.45, 7) is 3.65. The number of rotatable bonds is 2. The van der Waals surface area contributed by atoms with Gasteiger partial charge >= 0.3 is 0 Å². The molecule has 0 saturated heterocycles. The molecule has 0 spiro atoms. The summed E-state index contributed by atoms with van der Waals surface area (Å²) < 4.78 is 0. The number of isocyanates is 1. The van der Waals surface area contributed by atoms with E-state index in [0.29, 0.717) is 0 Å². The Morgan fingerprint density at radius 1 is 1.73 bits per heavy atom. The maximum atomic E-state index is 10.00. The zero-order valence-corrected chi connectivity index (χ0v) is 7.18. The zero-order valence-electron chi connectivity index (χ0n) is 6.37. The van der Waals surface area contributed by atoms with Crippen LogP contribution in [0.5, 0.6) is 0 Å². The lowest BCUT2D eigenvalue weighted by atomic mass is 10.0. The van der Waals surface area contributed by atoms with E-state index in [4.69, 9.17) is 0 Å². The first-order valence-corrected chi connectivity index (χ1v) is 4.09. The van der Waals surface area contributed by atoms with Crippen molar-refractivity contribution in [2.24, 2.45) is 4.99 Å². The molecule has 1 aromatic heterocycles. The molecule has 3 nitrogen and oxygen atoms in total. The molecule has 58 valence electrons. The molecule has 0 atom stereocenters. The highest BCUT2D eigenvalue weighted by molar-refractivity contribution is 7.07. The lowest BCUT2D eigenvalue weighted by Gasteiger charge is -2.12. The van der Waals surface area contributed by atoms with Crippen molar-refractivity contribution in [2.75, 3.05) is 0 Å². The van der Waals surface area contributed by atoms with Crippen molar-refractivity contribution in [2.45, 2.75) is 19.4 Å². The van der Waals surface area contributed by atoms with Crippen molar-refractivity contribution >= 4 is 17.4 Å². The quantitative estimate of drug-likeness (QED) is 0.498. The summed E-state index contributed by atoms with van der Waals surface area (Å²) in [6, 6.07) is 0. The Morgan fingerprint density at radius 2 is 2.45 bits per heavy atom. The van der Waals surface area contributed by atoms with Crippen LogP contribution in [0.15, 0.2) is 15.9 Å². The fraction of sp³-hybridized carbons (Fsp3) is 0.429. The van der Waals surface area contributed by atoms with Gasteiger partial charge in [0.05, 0.1) is 11.2 Å². The molecule has 0 bridgehead atoms. The molecular formula is C7H8N2OS. The summed E-state index contributed by atoms with van der Waals surface area (Å²) in [6.07, 6.45) is 1.54. The molecule has 0 unspecified atom stereocenters. The molecule has 1 heterocycles. The van der Waals surface area contributed by atoms with Crippen molar-refractivity contribution < 1.29 is 4.79 Å². The van der Waals surface area contributed by atoms with E-state index < -0.39 is 5.54 Å². The van der Waals surface area contributed by atoms with Crippen LogP contribution >= 0.6 is 11.3 Å². The molecule has 0 aliphatic heterocycles. The van der Waals surface area contributed by atoms with E-state index in [2.05, 4.69) is 9.98 Å². The van der Waals surface area contributed by atoms with Gasteiger partial charge in [0.25, 0.3) is 0 Å². The van der Waals surface area contributed by atoms with Gasteiger partial charge in [-0.05, 0) is 13.8 Å². The standard InChI is InChI=1S/C7H8N2OS/c1-7(2,9-4-10)6-3-11-5-8-6/h3,5H,1-2H3. The van der Waals surface area contributed by atoms with E-state index in [1.165, 1.54) is 17.4 Å². The predicted octanol–water partition coefficient (Wildman–Crippen LogP) is 1.71. The molecular weight excluding hydrogens is 160 g/mol. The van der Waals surface area contributed by atoms with Gasteiger partial charge in [-0.3, -0.25) is 0 Å². The minimum Gasteiger partial charge on any atom is -0.247 e. The molecule has 0 aromatic carbocycles. The molecule has 1 rings (SSSR count). The third-order valence-electron chi connectivity index (χ3n) is 1.38. The van der Waals surface area contributed by atoms with E-state index in [-0.39, 0.29) is 0 Å². The normalized spacial score (nSPS) is 10.7. The van der Waals surface area contributed by atoms with Gasteiger partial charge in [0, 0.05) is 5.38 Å². The molecule has 11 heavy (non-hydrogen) atoms. The second-order valence-corrected chi connectivity index (χ2v) is 3.35. The number of aromatic nitrogens is 1. The molecule has 0 radical (unpaired) electrons. The number of aliphatic imine (C=N–C) groups is 1. The fourth-order valence-corrected chi connectivity index (χ4v) is 1.40. The minimum atomic E-state index is -0.526. The Morgan fingerprint density at radius 3 is 2.91 bits per heavy atom. The maximum absolute atomic E-state index is 10.00. The van der Waals surface area contributed by atoms with Crippen molar-refractivity contribution in [1.82, 2.24) is 4.98 Å². The van der Waals surface area contributed by atoms with Crippen molar-refractivity contribution in [3.05, 3.63) is 16.6 Å². The first-order valence-electron chi connectivity index (χ1n) is 3.14. The Balaban J connectivity index is 2.99. The summed E-state index contributed by atoms with van der Waals surface area (Å²) in [7, 11) is 0. The summed E-state index contributed by atoms with van der Waals surface area (Å²) in [5.74, 6) is 0. The van der Waals surface area contributed by atoms with Crippen LogP contribution in [-0.2, 0) is 10.3 Å². The van der Waals surface area contributed by atoms with Crippen LogP contribution in [0, 0.1) is 0 Å². The largest absolute Gasteiger partial charge is 0.247 e. The Labute approximate surface area is 68.8 Å². The van der Waals surface area contributed by atoms with Crippen molar-refractivity contribution in [1.29, 1.82) is 0 Å². The molecule has 1 aromatic rings. The van der Waals surface area contributed by atoms with Crippen molar-refractivity contribution in [3.8, 4) is 0 Å². The van der Waals surface area contributed by atoms with Gasteiger partial charge in [-0.15, -0.1) is 11.3 Å². The van der Waals surface area contributed by atoms with E-state index in [9.17, 15) is 4.79 Å². The van der Waals surface area contributed by atoms with Crippen LogP contribution in [0.25, 0.3) is 0 Å². The van der Waals surface area contributed by atoms with Gasteiger partial charge in [-0.1, -0.05) is 0 Å². The Bertz CT molecular complexity index is 273. The summed E-state index contributed by atoms with van der Waals surface area (Å²) >= 11 is 1.49. The molecule has 0 amide bonds. The molecule has 0 fully saturated rings. The van der Waals surface area contributed by atoms with E-state index in [1.54, 1.807) is 5.51 Å². The maximum Gasteiger partial charge on any atom is 0.235 e. The van der Waals surface area contributed by atoms with Gasteiger partial charge < -0.3 is 0 Å². The second kappa shape index (κ2) is 2.95. The fourth-order valence-electron chi connectivity index (χ4n) is 0.686. The topological polar surface area (TPSA) is 42.3 Å². The number of carbonyl (C=O) groups excluding carboxylic acids is 1. The molecule has 0 saturated carbocycles. The first-order chi connectivity index (χ1) is 5.17. The molecule has 0 aliphatic rings. The minimum absolute atomic E-state index is 0.526. The average Bonchev–Trinajstić information content (AvgIpc) is 2.37. The average molecular weight is 168 g/mol. The summed E-state index contributed by atoms with van der Waals surface area (Å²) in [4.78, 5) is 17.7. The van der Waals surface area contributed by atoms with Crippen molar-refractivity contribution in [3.63, 3.8) is 0 Å². The van der Waals surface area contributed by atoms with Crippen LogP contribution < -0.4 is 0 Å². The molecule has 0 aliphatic carbocycles. The lowest BCUT2D eigenvalue weighted by Crippen LogP contribution is -2.13. The third-order valence-corrected chi connectivity index (χ3v) is 1.97. The van der Waals surface area contributed by atoms with Gasteiger partial charge in [0.2, 0.25) is 6.08 Å². The van der Waals surface area contributed by atoms with Crippen LogP contribution in [0.2, 0.25) is 0 Å². The lowest BCUT2D eigenvalue weighted by molar-refractivity contribution is 0.514. The van der Waals surface area contributed by atoms with E-state index in [0.717, 1.165) is 5.69 Å². The summed E-state index contributed by atoms with van der Waals surface area (Å²) in [5.41, 5.74) is 2.00. The molecule has 0 N–H and O–H groups in total. The van der Waals surface area contributed by atoms with Crippen LogP contribution in [0.1, 0.15) is 19.5 Å². The number of hydrogen-bond acceptors (Lipinski definition) is 4. The monoisotopic (exact) mass is 168 g/mol. The second-order valence-electron chi connectivity index (χ2n) is 2.64. The summed E-state index contributed by atoms with van der Waals surface area (Å²) in [5, 5.41) is 1.88. The highest BCUT2D eigenvalue weighted by Gasteiger charge is 2.20. The number of hydrogen-bond donors (Lipinski definition) is 0. The highest BCUT2D eigenvalue weighted by Crippen LogP contribution is 2.23. The SMILES string of the molecule is CC(C)(N=C=O)c1cscn1. The van der Waals surface area contributed by atoms with Gasteiger partial charge in [0.1, 0.15) is 5.54 Å². The van der Waals surface area contributed by atoms with Gasteiger partial charge in [0.15, 0.2) is 0 Å². The van der Waals surface area contributed by atoms with E-state index in [1.807, 2.05) is 19.2 Å². The number of thiazole rings is 1. The molecule has 4 heteroatoms. The Hall–Kier alpha value is -0.990. The van der Waals surface area contributed by atoms with Gasteiger partial charge in [-0.25, -0.2) is 9.78 Å². The smallest absolute Gasteiger partial charge is 0.235 e. The Kier molecular flexibility index (Phi) is 2.17. The highest BCUT2D eigenvalue weighted by atomic mass is 32.1. The predicted molar refractivity (Wildman–Crippen MR) is 43.3 cm³/mol. The van der Waals surface area contributed by atoms with E-state index >= 15 is 0 Å². The number of nitrogens with zero attached hydrogens (tertiary/aromatic N) is 2. The zero-order chi connectivity index (χ0) is 8.32. The van der Waals surface area contributed by atoms with Gasteiger partial charge in [-0.2, -0.15) is 4.99 Å². The van der Waals surface area contributed by atoms with Crippen LogP contribution in [0.4, 0.5) is 0 Å². The first kappa shape index (κ1) is 8.11.